The maximum absolute atomic E-state index is 5.72. The quantitative estimate of drug-likeness (QED) is 0.462. The Kier molecular flexibility index (Phi) is 8.51. The molecule has 1 fully saturated rings. The molecule has 0 heterocycles. The zero-order chi connectivity index (χ0) is 8.74. The largest absolute Gasteiger partial charge is 0.345 e. The van der Waals surface area contributed by atoms with E-state index in [2.05, 4.69) is 21.0 Å². The first-order valence-electron chi connectivity index (χ1n) is 4.24. The molecule has 1 aliphatic rings. The minimum atomic E-state index is 0. The summed E-state index contributed by atoms with van der Waals surface area (Å²) in [7, 11) is 2.27. The second-order valence-electron chi connectivity index (χ2n) is 3.21. The summed E-state index contributed by atoms with van der Waals surface area (Å²) in [4.78, 5) is 0. The molecule has 1 rings (SSSR count). The Bertz CT molecular complexity index is 97.1. The van der Waals surface area contributed by atoms with Gasteiger partial charge in [0.05, 0.1) is 7.28 Å². The summed E-state index contributed by atoms with van der Waals surface area (Å²) in [6, 6.07) is 0. The van der Waals surface area contributed by atoms with Crippen LogP contribution in [-0.2, 0) is 53.6 Å². The molecule has 0 nitrogen and oxygen atoms in total. The fourth-order valence-corrected chi connectivity index (χ4v) is 1.54. The van der Waals surface area contributed by atoms with Crippen LogP contribution in [0.1, 0.15) is 32.1 Å². The zero-order valence-corrected chi connectivity index (χ0v) is 12.3. The maximum Gasteiger partial charge on any atom is 0.0790 e. The first-order chi connectivity index (χ1) is 5.27. The molecule has 0 aliphatic heterocycles. The number of hydrogen-bond donors (Lipinski definition) is 0. The normalized spacial score (nSPS) is 21.6. The fourth-order valence-electron chi connectivity index (χ4n) is 1.54. The molecule has 1 saturated carbocycles. The summed E-state index contributed by atoms with van der Waals surface area (Å²) in [6.07, 6.45) is 6.81. The first kappa shape index (κ1) is 12.9. The van der Waals surface area contributed by atoms with Crippen molar-refractivity contribution in [3.63, 3.8) is 0 Å². The van der Waals surface area contributed by atoms with Gasteiger partial charge in [-0.15, -0.1) is 0 Å². The molecule has 0 atom stereocenters. The average molecular weight is 408 g/mol. The molecule has 0 amide bonds. The first-order valence-corrected chi connectivity index (χ1v) is 3.93. The van der Waals surface area contributed by atoms with Crippen molar-refractivity contribution in [2.75, 3.05) is 0 Å². The Morgan fingerprint density at radius 3 is 2.09 bits per heavy atom. The molecule has 0 aromatic carbocycles. The molecular weight excluding hydrogens is 391 g/mol. The Labute approximate surface area is 112 Å². The summed E-state index contributed by atoms with van der Waals surface area (Å²) < 4.78 is 5.72. The summed E-state index contributed by atoms with van der Waals surface area (Å²) in [6.45, 7) is 6.33. The van der Waals surface area contributed by atoms with Crippen molar-refractivity contribution < 1.29 is 53.6 Å². The molecule has 2 radical (unpaired) electrons. The Balaban J connectivity index is 0. The van der Waals surface area contributed by atoms with Crippen LogP contribution in [0.5, 0.6) is 0 Å². The standard InChI is InChI=1S/C8H15B.Pt.Y.H/c1-8(9-2)6-4-3-5-7-8;;;/h1,3-7H2,2H3;;;/q-1;+1;;/i;;;1+1. The van der Waals surface area contributed by atoms with Gasteiger partial charge in [-0.3, -0.25) is 0 Å². The summed E-state index contributed by atoms with van der Waals surface area (Å²) in [5.74, 6) is 0. The van der Waals surface area contributed by atoms with E-state index in [-0.39, 0.29) is 32.7 Å². The molecule has 0 saturated heterocycles. The molecule has 1 aliphatic carbocycles. The molecule has 64 valence electrons. The Morgan fingerprint density at radius 1 is 1.36 bits per heavy atom. The summed E-state index contributed by atoms with van der Waals surface area (Å²) >= 11 is 1.39. The molecule has 3 heteroatoms. The van der Waals surface area contributed by atoms with Crippen LogP contribution in [-0.4, -0.2) is 8.03 Å². The summed E-state index contributed by atoms with van der Waals surface area (Å²) in [5, 5.41) is 0.345. The van der Waals surface area contributed by atoms with E-state index in [9.17, 15) is 0 Å². The average Bonchev–Trinajstić information content (AvgIpc) is 2.10. The van der Waals surface area contributed by atoms with E-state index in [4.69, 9.17) is 0.749 Å². The van der Waals surface area contributed by atoms with Crippen molar-refractivity contribution in [1.82, 2.24) is 0 Å². The predicted molar refractivity (Wildman–Crippen MR) is 44.1 cm³/mol. The van der Waals surface area contributed by atoms with Gasteiger partial charge < -0.3 is 6.92 Å². The molecule has 0 bridgehead atoms. The van der Waals surface area contributed by atoms with Gasteiger partial charge in [-0.1, -0.05) is 38.9 Å². The minimum absolute atomic E-state index is 0. The maximum atomic E-state index is 5.72. The van der Waals surface area contributed by atoms with E-state index >= 15 is 0 Å². The van der Waals surface area contributed by atoms with Crippen LogP contribution in [0, 0.1) is 6.92 Å². The third-order valence-electron chi connectivity index (χ3n) is 2.46. The van der Waals surface area contributed by atoms with Crippen LogP contribution in [0.25, 0.3) is 0 Å². The van der Waals surface area contributed by atoms with E-state index < -0.39 is 0 Å². The van der Waals surface area contributed by atoms with Crippen molar-refractivity contribution in [3.8, 4) is 0 Å². The molecular formula is C8H16BPtY. The van der Waals surface area contributed by atoms with Crippen molar-refractivity contribution in [3.05, 3.63) is 6.92 Å². The van der Waals surface area contributed by atoms with Gasteiger partial charge in [-0.05, 0) is 0 Å². The van der Waals surface area contributed by atoms with E-state index in [0.29, 0.717) is 5.31 Å². The van der Waals surface area contributed by atoms with E-state index in [1.54, 1.807) is 0 Å². The topological polar surface area (TPSA) is 0 Å². The van der Waals surface area contributed by atoms with Gasteiger partial charge in [-0.2, -0.15) is 5.31 Å². The van der Waals surface area contributed by atoms with Crippen molar-refractivity contribution in [1.29, 1.82) is 0.749 Å². The Morgan fingerprint density at radius 2 is 1.82 bits per heavy atom. The van der Waals surface area contributed by atoms with Gasteiger partial charge in [0.25, 0.3) is 0 Å². The van der Waals surface area contributed by atoms with Gasteiger partial charge in [0, 0.05) is 32.7 Å². The van der Waals surface area contributed by atoms with Crippen LogP contribution in [0.3, 0.4) is 0 Å². The molecule has 0 spiro atoms. The number of rotatable bonds is 1. The minimum Gasteiger partial charge on any atom is -0.345 e. The van der Waals surface area contributed by atoms with Gasteiger partial charge in [0.15, 0.2) is 0 Å². The van der Waals surface area contributed by atoms with Crippen LogP contribution in [0.15, 0.2) is 0 Å². The van der Waals surface area contributed by atoms with E-state index in [1.807, 2.05) is 0 Å². The van der Waals surface area contributed by atoms with E-state index in [1.165, 1.54) is 53.0 Å². The van der Waals surface area contributed by atoms with Crippen LogP contribution in [0.2, 0.25) is 12.1 Å². The molecule has 0 N–H and O–H groups in total. The van der Waals surface area contributed by atoms with Gasteiger partial charge in [0.2, 0.25) is 0 Å². The second-order valence-corrected chi connectivity index (χ2v) is 3.21. The van der Waals surface area contributed by atoms with Crippen molar-refractivity contribution in [2.45, 2.75) is 44.2 Å². The predicted octanol–water partition coefficient (Wildman–Crippen LogP) is 2.42. The van der Waals surface area contributed by atoms with Crippen LogP contribution < -0.4 is 0 Å². The fraction of sp³-hybridized carbons (Fsp3) is 0.875. The summed E-state index contributed by atoms with van der Waals surface area (Å²) in [5.41, 5.74) is 0. The Hall–Kier alpha value is 1.86. The van der Waals surface area contributed by atoms with Gasteiger partial charge in [0.1, 0.15) is 0 Å². The van der Waals surface area contributed by atoms with Gasteiger partial charge in [-0.25, -0.2) is 0 Å². The van der Waals surface area contributed by atoms with Crippen molar-refractivity contribution in [2.24, 2.45) is 0 Å². The molecule has 11 heavy (non-hydrogen) atoms. The van der Waals surface area contributed by atoms with Crippen molar-refractivity contribution >= 4 is 7.28 Å². The number of hydrogen-bond acceptors (Lipinski definition) is 0. The van der Waals surface area contributed by atoms with Gasteiger partial charge >= 0.3 is 21.6 Å². The molecule has 0 aromatic rings. The smallest absolute Gasteiger partial charge is 0.0790 e. The molecule has 0 aromatic heterocycles. The van der Waals surface area contributed by atoms with Crippen LogP contribution >= 0.6 is 0 Å². The third-order valence-corrected chi connectivity index (χ3v) is 2.46. The zero-order valence-electron chi connectivity index (χ0n) is 8.21. The SMILES string of the molecule is [2H][Pt+].[CH2-]C1([B]C)CCCCC1.[Y]. The van der Waals surface area contributed by atoms with E-state index in [0.717, 1.165) is 0 Å². The third kappa shape index (κ3) is 5.22. The monoisotopic (exact) mass is 408 g/mol. The molecule has 0 unspecified atom stereocenters. The second kappa shape index (κ2) is 7.28. The van der Waals surface area contributed by atoms with Crippen LogP contribution in [0.4, 0.5) is 0 Å².